The van der Waals surface area contributed by atoms with Crippen LogP contribution in [0.25, 0.3) is 11.3 Å². The summed E-state index contributed by atoms with van der Waals surface area (Å²) in [7, 11) is 0. The number of carbonyl (C=O) groups excluding carboxylic acids is 1. The van der Waals surface area contributed by atoms with Gasteiger partial charge < -0.3 is 4.74 Å². The molecule has 1 aromatic carbocycles. The summed E-state index contributed by atoms with van der Waals surface area (Å²) in [6.07, 6.45) is -2.46. The molecule has 0 saturated heterocycles. The van der Waals surface area contributed by atoms with E-state index in [9.17, 15) is 18.0 Å². The Morgan fingerprint density at radius 2 is 1.86 bits per heavy atom. The van der Waals surface area contributed by atoms with Crippen LogP contribution in [0.3, 0.4) is 0 Å². The van der Waals surface area contributed by atoms with Crippen molar-refractivity contribution in [1.29, 1.82) is 0 Å². The van der Waals surface area contributed by atoms with Gasteiger partial charge in [0.25, 0.3) is 0 Å². The Kier molecular flexibility index (Phi) is 4.02. The van der Waals surface area contributed by atoms with Gasteiger partial charge in [-0.3, -0.25) is 9.48 Å². The summed E-state index contributed by atoms with van der Waals surface area (Å²) in [5, 5.41) is 4.28. The predicted molar refractivity (Wildman–Crippen MR) is 70.1 cm³/mol. The Hall–Kier alpha value is -2.31. The Labute approximate surface area is 119 Å². The minimum Gasteiger partial charge on any atom is -0.406 e. The molecule has 21 heavy (non-hydrogen) atoms. The number of halogens is 3. The third-order valence-electron chi connectivity index (χ3n) is 2.78. The van der Waals surface area contributed by atoms with Gasteiger partial charge in [0.1, 0.15) is 11.4 Å². The lowest BCUT2D eigenvalue weighted by Gasteiger charge is -2.09. The molecule has 0 fully saturated rings. The molecule has 0 bridgehead atoms. The van der Waals surface area contributed by atoms with Gasteiger partial charge in [-0.1, -0.05) is 0 Å². The van der Waals surface area contributed by atoms with E-state index in [-0.39, 0.29) is 11.8 Å². The van der Waals surface area contributed by atoms with Crippen molar-refractivity contribution in [3.05, 3.63) is 36.0 Å². The molecule has 4 nitrogen and oxygen atoms in total. The fourth-order valence-electron chi connectivity index (χ4n) is 1.80. The third kappa shape index (κ3) is 3.62. The van der Waals surface area contributed by atoms with E-state index >= 15 is 0 Å². The van der Waals surface area contributed by atoms with Crippen LogP contribution >= 0.6 is 0 Å². The molecule has 2 aromatic rings. The van der Waals surface area contributed by atoms with Crippen molar-refractivity contribution in [2.75, 3.05) is 0 Å². The molecule has 0 aliphatic carbocycles. The van der Waals surface area contributed by atoms with Gasteiger partial charge in [0.2, 0.25) is 0 Å². The average Bonchev–Trinajstić information content (AvgIpc) is 2.82. The van der Waals surface area contributed by atoms with Crippen LogP contribution in [0.15, 0.2) is 30.5 Å². The monoisotopic (exact) mass is 298 g/mol. The topological polar surface area (TPSA) is 44.1 Å². The molecule has 0 saturated carbocycles. The van der Waals surface area contributed by atoms with Crippen LogP contribution in [-0.4, -0.2) is 22.4 Å². The molecule has 0 N–H and O–H groups in total. The molecule has 0 spiro atoms. The van der Waals surface area contributed by atoms with E-state index in [0.29, 0.717) is 23.1 Å². The Bertz CT molecular complexity index is 631. The maximum atomic E-state index is 12.1. The van der Waals surface area contributed by atoms with Crippen LogP contribution in [0.2, 0.25) is 0 Å². The molecular weight excluding hydrogens is 285 g/mol. The number of ether oxygens (including phenoxy) is 1. The zero-order chi connectivity index (χ0) is 15.6. The number of hydrogen-bond donors (Lipinski definition) is 0. The van der Waals surface area contributed by atoms with Gasteiger partial charge in [-0.25, -0.2) is 0 Å². The number of nitrogens with zero attached hydrogens (tertiary/aromatic N) is 2. The highest BCUT2D eigenvalue weighted by atomic mass is 19.4. The van der Waals surface area contributed by atoms with E-state index in [1.807, 2.05) is 13.8 Å². The minimum absolute atomic E-state index is 0.0743. The molecular formula is C14H13F3N2O2. The van der Waals surface area contributed by atoms with Gasteiger partial charge in [-0.2, -0.15) is 5.10 Å². The summed E-state index contributed by atoms with van der Waals surface area (Å²) in [5.74, 6) is -0.317. The Morgan fingerprint density at radius 3 is 2.33 bits per heavy atom. The molecule has 1 aromatic heterocycles. The molecule has 0 aliphatic heterocycles. The second kappa shape index (κ2) is 5.59. The van der Waals surface area contributed by atoms with Gasteiger partial charge in [-0.15, -0.1) is 13.2 Å². The normalized spacial score (nSPS) is 11.7. The van der Waals surface area contributed by atoms with E-state index in [0.717, 1.165) is 0 Å². The number of carbonyl (C=O) groups is 1. The second-order valence-electron chi connectivity index (χ2n) is 4.70. The van der Waals surface area contributed by atoms with Crippen LogP contribution < -0.4 is 4.74 Å². The highest BCUT2D eigenvalue weighted by Gasteiger charge is 2.31. The molecule has 0 unspecified atom stereocenters. The van der Waals surface area contributed by atoms with Crippen molar-refractivity contribution in [2.45, 2.75) is 26.3 Å². The lowest BCUT2D eigenvalue weighted by molar-refractivity contribution is -0.274. The van der Waals surface area contributed by atoms with Gasteiger partial charge in [0.05, 0.1) is 5.56 Å². The molecule has 2 rings (SSSR count). The van der Waals surface area contributed by atoms with Crippen LogP contribution in [0.1, 0.15) is 30.2 Å². The van der Waals surface area contributed by atoms with Crippen molar-refractivity contribution in [3.8, 4) is 17.0 Å². The Morgan fingerprint density at radius 1 is 1.24 bits per heavy atom. The average molecular weight is 298 g/mol. The maximum absolute atomic E-state index is 12.1. The third-order valence-corrected chi connectivity index (χ3v) is 2.78. The lowest BCUT2D eigenvalue weighted by Crippen LogP contribution is -2.16. The van der Waals surface area contributed by atoms with E-state index in [2.05, 4.69) is 9.84 Å². The highest BCUT2D eigenvalue weighted by Crippen LogP contribution is 2.27. The van der Waals surface area contributed by atoms with Crippen LogP contribution in [0.4, 0.5) is 13.2 Å². The minimum atomic E-state index is -4.73. The van der Waals surface area contributed by atoms with Crippen molar-refractivity contribution in [2.24, 2.45) is 0 Å². The summed E-state index contributed by atoms with van der Waals surface area (Å²) < 4.78 is 41.7. The van der Waals surface area contributed by atoms with Crippen LogP contribution in [-0.2, 0) is 0 Å². The van der Waals surface area contributed by atoms with Crippen molar-refractivity contribution in [1.82, 2.24) is 9.78 Å². The lowest BCUT2D eigenvalue weighted by atomic mass is 10.1. The number of alkyl halides is 3. The van der Waals surface area contributed by atoms with Crippen molar-refractivity contribution in [3.63, 3.8) is 0 Å². The standard InChI is InChI=1S/C14H13F3N2O2/c1-9(2)19-7-11(8-20)13(18-19)10-3-5-12(6-4-10)21-14(15,16)17/h3-9H,1-2H3. The molecule has 112 valence electrons. The van der Waals surface area contributed by atoms with Gasteiger partial charge >= 0.3 is 6.36 Å². The van der Waals surface area contributed by atoms with Crippen molar-refractivity contribution < 1.29 is 22.7 Å². The second-order valence-corrected chi connectivity index (χ2v) is 4.70. The molecule has 0 radical (unpaired) electrons. The van der Waals surface area contributed by atoms with Crippen molar-refractivity contribution >= 4 is 6.29 Å². The van der Waals surface area contributed by atoms with E-state index in [1.165, 1.54) is 24.3 Å². The SMILES string of the molecule is CC(C)n1cc(C=O)c(-c2ccc(OC(F)(F)F)cc2)n1. The molecule has 7 heteroatoms. The summed E-state index contributed by atoms with van der Waals surface area (Å²) in [5.41, 5.74) is 1.36. The number of aromatic nitrogens is 2. The molecule has 0 atom stereocenters. The van der Waals surface area contributed by atoms with Gasteiger partial charge in [0, 0.05) is 17.8 Å². The first-order chi connectivity index (χ1) is 9.80. The summed E-state index contributed by atoms with van der Waals surface area (Å²) in [4.78, 5) is 11.1. The predicted octanol–water partition coefficient (Wildman–Crippen LogP) is 3.84. The van der Waals surface area contributed by atoms with E-state index < -0.39 is 6.36 Å². The quantitative estimate of drug-likeness (QED) is 0.805. The maximum Gasteiger partial charge on any atom is 0.573 e. The Balaban J connectivity index is 2.32. The first-order valence-corrected chi connectivity index (χ1v) is 6.20. The van der Waals surface area contributed by atoms with Crippen LogP contribution in [0.5, 0.6) is 5.75 Å². The zero-order valence-electron chi connectivity index (χ0n) is 11.4. The highest BCUT2D eigenvalue weighted by molar-refractivity contribution is 5.85. The molecule has 1 heterocycles. The summed E-state index contributed by atoms with van der Waals surface area (Å²) in [6, 6.07) is 5.31. The number of rotatable bonds is 4. The number of benzene rings is 1. The fourth-order valence-corrected chi connectivity index (χ4v) is 1.80. The zero-order valence-corrected chi connectivity index (χ0v) is 11.4. The fraction of sp³-hybridized carbons (Fsp3) is 0.286. The van der Waals surface area contributed by atoms with Gasteiger partial charge in [0.15, 0.2) is 6.29 Å². The first-order valence-electron chi connectivity index (χ1n) is 6.20. The summed E-state index contributed by atoms with van der Waals surface area (Å²) in [6.45, 7) is 3.82. The van der Waals surface area contributed by atoms with Crippen LogP contribution in [0, 0.1) is 0 Å². The first kappa shape index (κ1) is 15.1. The van der Waals surface area contributed by atoms with Gasteiger partial charge in [-0.05, 0) is 38.1 Å². The number of hydrogen-bond acceptors (Lipinski definition) is 3. The molecule has 0 amide bonds. The van der Waals surface area contributed by atoms with E-state index in [4.69, 9.17) is 0 Å². The smallest absolute Gasteiger partial charge is 0.406 e. The van der Waals surface area contributed by atoms with E-state index in [1.54, 1.807) is 10.9 Å². The summed E-state index contributed by atoms with van der Waals surface area (Å²) >= 11 is 0. The number of aldehydes is 1. The molecule has 0 aliphatic rings. The largest absolute Gasteiger partial charge is 0.573 e.